The fourth-order valence-electron chi connectivity index (χ4n) is 1.95. The number of halogens is 2. The van der Waals surface area contributed by atoms with Crippen LogP contribution in [0.5, 0.6) is 0 Å². The monoisotopic (exact) mass is 346 g/mol. The molecule has 1 aromatic carbocycles. The van der Waals surface area contributed by atoms with Crippen molar-refractivity contribution in [2.75, 3.05) is 26.2 Å². The number of aliphatic carboxylic acids is 1. The summed E-state index contributed by atoms with van der Waals surface area (Å²) in [6.45, 7) is 7.25. The first kappa shape index (κ1) is 17.1. The largest absolute Gasteiger partial charge is 0.480 e. The standard InChI is InChI=1S/C14H20BrFN2O2/c1-3-18(4-2)8-7-17-13(14(19)20)10-5-6-11(15)12(16)9-10/h5-6,9,13,17H,3-4,7-8H2,1-2H3,(H,19,20). The number of benzene rings is 1. The average Bonchev–Trinajstić information content (AvgIpc) is 2.42. The maximum Gasteiger partial charge on any atom is 0.325 e. The van der Waals surface area contributed by atoms with Crippen LogP contribution in [0.1, 0.15) is 25.5 Å². The molecule has 0 aliphatic rings. The molecule has 1 atom stereocenters. The van der Waals surface area contributed by atoms with E-state index in [9.17, 15) is 14.3 Å². The third-order valence-electron chi connectivity index (χ3n) is 3.19. The van der Waals surface area contributed by atoms with Crippen LogP contribution in [0.3, 0.4) is 0 Å². The molecule has 2 N–H and O–H groups in total. The second-order valence-electron chi connectivity index (χ2n) is 4.43. The van der Waals surface area contributed by atoms with Gasteiger partial charge < -0.3 is 10.0 Å². The topological polar surface area (TPSA) is 52.6 Å². The third kappa shape index (κ3) is 4.85. The van der Waals surface area contributed by atoms with E-state index in [2.05, 4.69) is 40.0 Å². The van der Waals surface area contributed by atoms with Gasteiger partial charge in [-0.25, -0.2) is 4.39 Å². The van der Waals surface area contributed by atoms with E-state index in [-0.39, 0.29) is 0 Å². The van der Waals surface area contributed by atoms with Crippen LogP contribution in [0.4, 0.5) is 4.39 Å². The van der Waals surface area contributed by atoms with E-state index >= 15 is 0 Å². The summed E-state index contributed by atoms with van der Waals surface area (Å²) in [5.41, 5.74) is 0.415. The van der Waals surface area contributed by atoms with Crippen molar-refractivity contribution in [1.82, 2.24) is 10.2 Å². The SMILES string of the molecule is CCN(CC)CCNC(C(=O)O)c1ccc(Br)c(F)c1. The van der Waals surface area contributed by atoms with Crippen LogP contribution in [-0.4, -0.2) is 42.2 Å². The lowest BCUT2D eigenvalue weighted by molar-refractivity contribution is -0.139. The second-order valence-corrected chi connectivity index (χ2v) is 5.28. The van der Waals surface area contributed by atoms with Gasteiger partial charge in [0.2, 0.25) is 0 Å². The van der Waals surface area contributed by atoms with Gasteiger partial charge in [-0.1, -0.05) is 19.9 Å². The molecule has 0 saturated heterocycles. The summed E-state index contributed by atoms with van der Waals surface area (Å²) in [5.74, 6) is -1.47. The van der Waals surface area contributed by atoms with Crippen molar-refractivity contribution in [2.24, 2.45) is 0 Å². The number of carbonyl (C=O) groups is 1. The van der Waals surface area contributed by atoms with E-state index < -0.39 is 17.8 Å². The number of nitrogens with one attached hydrogen (secondary N) is 1. The maximum absolute atomic E-state index is 13.5. The van der Waals surface area contributed by atoms with E-state index in [1.165, 1.54) is 12.1 Å². The Hall–Kier alpha value is -0.980. The Morgan fingerprint density at radius 3 is 2.60 bits per heavy atom. The molecule has 20 heavy (non-hydrogen) atoms. The fraction of sp³-hybridized carbons (Fsp3) is 0.500. The third-order valence-corrected chi connectivity index (χ3v) is 3.84. The number of likely N-dealkylation sites (N-methyl/N-ethyl adjacent to an activating group) is 1. The van der Waals surface area contributed by atoms with Crippen LogP contribution < -0.4 is 5.32 Å². The summed E-state index contributed by atoms with van der Waals surface area (Å²) in [6.07, 6.45) is 0. The van der Waals surface area contributed by atoms with Gasteiger partial charge >= 0.3 is 5.97 Å². The maximum atomic E-state index is 13.5. The Morgan fingerprint density at radius 1 is 1.45 bits per heavy atom. The summed E-state index contributed by atoms with van der Waals surface area (Å²) in [6, 6.07) is 3.48. The highest BCUT2D eigenvalue weighted by atomic mass is 79.9. The molecular formula is C14H20BrFN2O2. The molecule has 4 nitrogen and oxygen atoms in total. The van der Waals surface area contributed by atoms with Crippen molar-refractivity contribution in [2.45, 2.75) is 19.9 Å². The summed E-state index contributed by atoms with van der Waals surface area (Å²) >= 11 is 3.06. The Bertz CT molecular complexity index is 453. The van der Waals surface area contributed by atoms with Crippen LogP contribution >= 0.6 is 15.9 Å². The van der Waals surface area contributed by atoms with Gasteiger partial charge in [0, 0.05) is 13.1 Å². The minimum absolute atomic E-state index is 0.327. The summed E-state index contributed by atoms with van der Waals surface area (Å²) in [7, 11) is 0. The average molecular weight is 347 g/mol. The van der Waals surface area contributed by atoms with Crippen LogP contribution in [0, 0.1) is 5.82 Å². The number of hydrogen-bond donors (Lipinski definition) is 2. The summed E-state index contributed by atoms with van der Waals surface area (Å²) in [5, 5.41) is 12.2. The van der Waals surface area contributed by atoms with Gasteiger partial charge in [-0.3, -0.25) is 10.1 Å². The predicted octanol–water partition coefficient (Wildman–Crippen LogP) is 2.65. The molecule has 0 aromatic heterocycles. The quantitative estimate of drug-likeness (QED) is 0.759. The van der Waals surface area contributed by atoms with Crippen molar-refractivity contribution in [3.05, 3.63) is 34.1 Å². The van der Waals surface area contributed by atoms with E-state index in [1.807, 2.05) is 0 Å². The zero-order chi connectivity index (χ0) is 15.1. The first-order valence-electron chi connectivity index (χ1n) is 6.63. The number of nitrogens with zero attached hydrogens (tertiary/aromatic N) is 1. The molecule has 0 aliphatic heterocycles. The lowest BCUT2D eigenvalue weighted by atomic mass is 10.1. The van der Waals surface area contributed by atoms with Gasteiger partial charge in [-0.2, -0.15) is 0 Å². The van der Waals surface area contributed by atoms with Gasteiger partial charge in [0.15, 0.2) is 0 Å². The highest BCUT2D eigenvalue weighted by Gasteiger charge is 2.20. The minimum Gasteiger partial charge on any atom is -0.480 e. The Balaban J connectivity index is 2.69. The van der Waals surface area contributed by atoms with Crippen LogP contribution in [0.25, 0.3) is 0 Å². The van der Waals surface area contributed by atoms with Crippen molar-refractivity contribution in [1.29, 1.82) is 0 Å². The Labute approximate surface area is 127 Å². The fourth-order valence-corrected chi connectivity index (χ4v) is 2.19. The van der Waals surface area contributed by atoms with E-state index in [1.54, 1.807) is 6.07 Å². The molecule has 0 aliphatic carbocycles. The van der Waals surface area contributed by atoms with Crippen molar-refractivity contribution < 1.29 is 14.3 Å². The van der Waals surface area contributed by atoms with Gasteiger partial charge in [0.1, 0.15) is 11.9 Å². The van der Waals surface area contributed by atoms with E-state index in [0.717, 1.165) is 19.6 Å². The molecule has 1 aromatic rings. The molecule has 0 radical (unpaired) electrons. The lowest BCUT2D eigenvalue weighted by Crippen LogP contribution is -2.36. The highest BCUT2D eigenvalue weighted by molar-refractivity contribution is 9.10. The van der Waals surface area contributed by atoms with Crippen LogP contribution in [0.15, 0.2) is 22.7 Å². The molecule has 0 saturated carbocycles. The normalized spacial score (nSPS) is 12.7. The van der Waals surface area contributed by atoms with Gasteiger partial charge in [-0.15, -0.1) is 0 Å². The van der Waals surface area contributed by atoms with Crippen molar-refractivity contribution in [3.8, 4) is 0 Å². The Kier molecular flexibility index (Phi) is 7.12. The zero-order valence-corrected chi connectivity index (χ0v) is 13.3. The van der Waals surface area contributed by atoms with E-state index in [4.69, 9.17) is 0 Å². The number of carboxylic acid groups (broad SMARTS) is 1. The molecule has 0 bridgehead atoms. The minimum atomic E-state index is -1.01. The molecule has 0 amide bonds. The molecule has 1 unspecified atom stereocenters. The first-order valence-corrected chi connectivity index (χ1v) is 7.42. The van der Waals surface area contributed by atoms with Gasteiger partial charge in [0.05, 0.1) is 4.47 Å². The number of hydrogen-bond acceptors (Lipinski definition) is 3. The summed E-state index contributed by atoms with van der Waals surface area (Å²) in [4.78, 5) is 13.5. The smallest absolute Gasteiger partial charge is 0.325 e. The molecule has 6 heteroatoms. The molecular weight excluding hydrogens is 327 g/mol. The lowest BCUT2D eigenvalue weighted by Gasteiger charge is -2.20. The van der Waals surface area contributed by atoms with Gasteiger partial charge in [0.25, 0.3) is 0 Å². The summed E-state index contributed by atoms with van der Waals surface area (Å²) < 4.78 is 13.8. The first-order chi connectivity index (χ1) is 9.49. The van der Waals surface area contributed by atoms with Crippen LogP contribution in [0.2, 0.25) is 0 Å². The molecule has 0 fully saturated rings. The van der Waals surface area contributed by atoms with Crippen molar-refractivity contribution in [3.63, 3.8) is 0 Å². The molecule has 1 rings (SSSR count). The molecule has 112 valence electrons. The number of carboxylic acids is 1. The molecule has 0 heterocycles. The zero-order valence-electron chi connectivity index (χ0n) is 11.7. The number of rotatable bonds is 8. The molecule has 0 spiro atoms. The second kappa shape index (κ2) is 8.34. The van der Waals surface area contributed by atoms with E-state index in [0.29, 0.717) is 16.6 Å². The highest BCUT2D eigenvalue weighted by Crippen LogP contribution is 2.21. The predicted molar refractivity (Wildman–Crippen MR) is 80.3 cm³/mol. The van der Waals surface area contributed by atoms with Gasteiger partial charge in [-0.05, 0) is 46.7 Å². The van der Waals surface area contributed by atoms with Crippen molar-refractivity contribution >= 4 is 21.9 Å². The Morgan fingerprint density at radius 2 is 2.10 bits per heavy atom. The van der Waals surface area contributed by atoms with Crippen LogP contribution in [-0.2, 0) is 4.79 Å².